The molecule has 1 aromatic heterocycles. The van der Waals surface area contributed by atoms with Gasteiger partial charge in [0.15, 0.2) is 0 Å². The van der Waals surface area contributed by atoms with E-state index in [1.54, 1.807) is 6.07 Å². The van der Waals surface area contributed by atoms with Gasteiger partial charge in [0, 0.05) is 12.6 Å². The zero-order chi connectivity index (χ0) is 13.0. The smallest absolute Gasteiger partial charge is 0.134 e. The highest BCUT2D eigenvalue weighted by Crippen LogP contribution is 2.30. The average molecular weight is 268 g/mol. The van der Waals surface area contributed by atoms with Crippen molar-refractivity contribution in [3.63, 3.8) is 0 Å². The molecule has 0 spiro atoms. The quantitative estimate of drug-likeness (QED) is 0.836. The topological polar surface area (TPSA) is 37.8 Å². The van der Waals surface area contributed by atoms with Crippen LogP contribution in [0.1, 0.15) is 44.9 Å². The molecule has 1 N–H and O–H groups in total. The summed E-state index contributed by atoms with van der Waals surface area (Å²) in [5.41, 5.74) is 0. The van der Waals surface area contributed by atoms with Crippen LogP contribution in [-0.4, -0.2) is 16.5 Å². The maximum atomic E-state index is 5.90. The summed E-state index contributed by atoms with van der Waals surface area (Å²) in [6.45, 7) is 5.20. The van der Waals surface area contributed by atoms with E-state index < -0.39 is 0 Å². The number of nitrogens with zero attached hydrogens (tertiary/aromatic N) is 2. The summed E-state index contributed by atoms with van der Waals surface area (Å²) in [5, 5.41) is 3.86. The third kappa shape index (κ3) is 4.13. The van der Waals surface area contributed by atoms with Gasteiger partial charge >= 0.3 is 0 Å². The summed E-state index contributed by atoms with van der Waals surface area (Å²) in [5.74, 6) is 3.37. The van der Waals surface area contributed by atoms with Crippen LogP contribution in [0.4, 0.5) is 5.82 Å². The van der Waals surface area contributed by atoms with E-state index in [-0.39, 0.29) is 0 Å². The highest BCUT2D eigenvalue weighted by molar-refractivity contribution is 6.29. The van der Waals surface area contributed by atoms with Crippen molar-refractivity contribution >= 4 is 17.4 Å². The first kappa shape index (κ1) is 13.6. The number of hydrogen-bond donors (Lipinski definition) is 1. The van der Waals surface area contributed by atoms with E-state index in [2.05, 4.69) is 22.2 Å². The van der Waals surface area contributed by atoms with Crippen molar-refractivity contribution in [2.75, 3.05) is 11.9 Å². The van der Waals surface area contributed by atoms with Crippen LogP contribution in [0.15, 0.2) is 6.07 Å². The fraction of sp³-hybridized carbons (Fsp3) is 0.714. The van der Waals surface area contributed by atoms with E-state index in [0.717, 1.165) is 30.0 Å². The lowest BCUT2D eigenvalue weighted by atomic mass is 9.81. The summed E-state index contributed by atoms with van der Waals surface area (Å²) in [6, 6.07) is 1.79. The third-order valence-electron chi connectivity index (χ3n) is 3.80. The van der Waals surface area contributed by atoms with Crippen molar-refractivity contribution in [3.05, 3.63) is 17.0 Å². The Balaban J connectivity index is 1.74. The second-order valence-electron chi connectivity index (χ2n) is 5.46. The van der Waals surface area contributed by atoms with Crippen molar-refractivity contribution in [1.82, 2.24) is 9.97 Å². The maximum absolute atomic E-state index is 5.90. The average Bonchev–Trinajstić information content (AvgIpc) is 2.30. The molecule has 0 aliphatic heterocycles. The molecule has 3 nitrogen and oxygen atoms in total. The summed E-state index contributed by atoms with van der Waals surface area (Å²) in [4.78, 5) is 8.38. The molecule has 1 aliphatic rings. The first-order valence-corrected chi connectivity index (χ1v) is 7.26. The molecular formula is C14H22ClN3. The molecule has 18 heavy (non-hydrogen) atoms. The predicted octanol–water partition coefficient (Wildman–Crippen LogP) is 4.07. The van der Waals surface area contributed by atoms with Gasteiger partial charge in [0.1, 0.15) is 16.8 Å². The fourth-order valence-corrected chi connectivity index (χ4v) is 2.87. The third-order valence-corrected chi connectivity index (χ3v) is 3.99. The molecule has 1 heterocycles. The van der Waals surface area contributed by atoms with Gasteiger partial charge in [0.25, 0.3) is 0 Å². The molecule has 1 fully saturated rings. The molecule has 0 radical (unpaired) electrons. The van der Waals surface area contributed by atoms with Crippen LogP contribution in [0, 0.1) is 18.8 Å². The van der Waals surface area contributed by atoms with Gasteiger partial charge in [-0.3, -0.25) is 0 Å². The second-order valence-corrected chi connectivity index (χ2v) is 5.85. The van der Waals surface area contributed by atoms with Gasteiger partial charge in [-0.05, 0) is 25.2 Å². The summed E-state index contributed by atoms with van der Waals surface area (Å²) in [6.07, 6.45) is 6.78. The van der Waals surface area contributed by atoms with Crippen molar-refractivity contribution < 1.29 is 0 Å². The first-order valence-electron chi connectivity index (χ1n) is 6.88. The normalized spacial score (nSPS) is 23.9. The van der Waals surface area contributed by atoms with E-state index >= 15 is 0 Å². The molecule has 4 heteroatoms. The summed E-state index contributed by atoms with van der Waals surface area (Å²) in [7, 11) is 0. The largest absolute Gasteiger partial charge is 0.370 e. The fourth-order valence-electron chi connectivity index (χ4n) is 2.64. The van der Waals surface area contributed by atoms with Gasteiger partial charge in [-0.2, -0.15) is 0 Å². The number of nitrogens with one attached hydrogen (secondary N) is 1. The molecule has 0 amide bonds. The van der Waals surface area contributed by atoms with Gasteiger partial charge < -0.3 is 5.32 Å². The molecule has 0 bridgehead atoms. The van der Waals surface area contributed by atoms with Crippen molar-refractivity contribution in [1.29, 1.82) is 0 Å². The Bertz CT molecular complexity index is 366. The monoisotopic (exact) mass is 267 g/mol. The van der Waals surface area contributed by atoms with Crippen LogP contribution in [0.25, 0.3) is 0 Å². The van der Waals surface area contributed by atoms with Gasteiger partial charge in [-0.1, -0.05) is 44.2 Å². The summed E-state index contributed by atoms with van der Waals surface area (Å²) >= 11 is 5.90. The Hall–Kier alpha value is -0.830. The van der Waals surface area contributed by atoms with Gasteiger partial charge in [-0.25, -0.2) is 9.97 Å². The minimum atomic E-state index is 0.511. The minimum Gasteiger partial charge on any atom is -0.370 e. The zero-order valence-electron chi connectivity index (χ0n) is 11.2. The highest BCUT2D eigenvalue weighted by atomic mass is 35.5. The predicted molar refractivity (Wildman–Crippen MR) is 76.0 cm³/mol. The Kier molecular flexibility index (Phi) is 4.81. The molecule has 0 atom stereocenters. The molecule has 1 aromatic rings. The standard InChI is InChI=1S/C14H22ClN3/c1-10-3-5-12(6-4-10)7-8-16-14-9-13(15)17-11(2)18-14/h9-10,12H,3-8H2,1-2H3,(H,16,17,18). The molecule has 100 valence electrons. The van der Waals surface area contributed by atoms with Gasteiger partial charge in [-0.15, -0.1) is 0 Å². The molecule has 0 aromatic carbocycles. The maximum Gasteiger partial charge on any atom is 0.134 e. The number of aromatic nitrogens is 2. The lowest BCUT2D eigenvalue weighted by Gasteiger charge is -2.26. The van der Waals surface area contributed by atoms with Crippen LogP contribution in [0.3, 0.4) is 0 Å². The van der Waals surface area contributed by atoms with E-state index in [0.29, 0.717) is 5.15 Å². The van der Waals surface area contributed by atoms with E-state index in [1.807, 2.05) is 6.92 Å². The molecule has 1 aliphatic carbocycles. The number of rotatable bonds is 4. The summed E-state index contributed by atoms with van der Waals surface area (Å²) < 4.78 is 0. The van der Waals surface area contributed by atoms with Gasteiger partial charge in [0.2, 0.25) is 0 Å². The number of hydrogen-bond acceptors (Lipinski definition) is 3. The van der Waals surface area contributed by atoms with Crippen LogP contribution >= 0.6 is 11.6 Å². The van der Waals surface area contributed by atoms with Gasteiger partial charge in [0.05, 0.1) is 0 Å². The van der Waals surface area contributed by atoms with E-state index in [4.69, 9.17) is 11.6 Å². The van der Waals surface area contributed by atoms with E-state index in [1.165, 1.54) is 32.1 Å². The van der Waals surface area contributed by atoms with E-state index in [9.17, 15) is 0 Å². The number of halogens is 1. The van der Waals surface area contributed by atoms with Crippen LogP contribution in [0.5, 0.6) is 0 Å². The minimum absolute atomic E-state index is 0.511. The van der Waals surface area contributed by atoms with Crippen LogP contribution in [-0.2, 0) is 0 Å². The SMILES string of the molecule is Cc1nc(Cl)cc(NCCC2CCC(C)CC2)n1. The Morgan fingerprint density at radius 3 is 2.67 bits per heavy atom. The van der Waals surface area contributed by atoms with Crippen molar-refractivity contribution in [3.8, 4) is 0 Å². The molecule has 2 rings (SSSR count). The number of aryl methyl sites for hydroxylation is 1. The molecule has 0 unspecified atom stereocenters. The lowest BCUT2D eigenvalue weighted by Crippen LogP contribution is -2.16. The molecule has 1 saturated carbocycles. The molecule has 0 saturated heterocycles. The molecular weight excluding hydrogens is 246 g/mol. The zero-order valence-corrected chi connectivity index (χ0v) is 12.0. The Morgan fingerprint density at radius 1 is 1.28 bits per heavy atom. The van der Waals surface area contributed by atoms with Crippen LogP contribution < -0.4 is 5.32 Å². The highest BCUT2D eigenvalue weighted by Gasteiger charge is 2.17. The lowest BCUT2D eigenvalue weighted by molar-refractivity contribution is 0.282. The van der Waals surface area contributed by atoms with Crippen LogP contribution in [0.2, 0.25) is 5.15 Å². The number of anilines is 1. The Labute approximate surface area is 114 Å². The van der Waals surface area contributed by atoms with Crippen molar-refractivity contribution in [2.45, 2.75) is 46.0 Å². The Morgan fingerprint density at radius 2 is 2.00 bits per heavy atom. The second kappa shape index (κ2) is 6.37. The first-order chi connectivity index (χ1) is 8.63. The van der Waals surface area contributed by atoms with Crippen molar-refractivity contribution in [2.24, 2.45) is 11.8 Å².